The Morgan fingerprint density at radius 3 is 2.46 bits per heavy atom. The van der Waals surface area contributed by atoms with E-state index in [1.54, 1.807) is 20.8 Å². The van der Waals surface area contributed by atoms with Crippen LogP contribution in [0.1, 0.15) is 51.5 Å². The van der Waals surface area contributed by atoms with Crippen molar-refractivity contribution in [2.24, 2.45) is 0 Å². The lowest BCUT2D eigenvalue weighted by atomic mass is 9.76. The van der Waals surface area contributed by atoms with Crippen LogP contribution < -0.4 is 0 Å². The minimum absolute atomic E-state index is 0.127. The van der Waals surface area contributed by atoms with Gasteiger partial charge < -0.3 is 14.7 Å². The van der Waals surface area contributed by atoms with Crippen molar-refractivity contribution in [3.8, 4) is 0 Å². The molecule has 1 N–H and O–H groups in total. The average molecular weight is 369 g/mol. The van der Waals surface area contributed by atoms with Crippen molar-refractivity contribution in [1.82, 2.24) is 4.90 Å². The van der Waals surface area contributed by atoms with Crippen LogP contribution in [0, 0.1) is 5.82 Å². The Morgan fingerprint density at radius 1 is 1.31 bits per heavy atom. The first-order valence-electron chi connectivity index (χ1n) is 8.64. The van der Waals surface area contributed by atoms with Crippen LogP contribution in [0.25, 0.3) is 0 Å². The van der Waals surface area contributed by atoms with Gasteiger partial charge in [0, 0.05) is 12.5 Å². The number of hydrogen-bond donors (Lipinski definition) is 1. The van der Waals surface area contributed by atoms with Gasteiger partial charge in [-0.3, -0.25) is 4.79 Å². The molecule has 7 heteroatoms. The third-order valence-corrected chi connectivity index (χ3v) is 4.40. The van der Waals surface area contributed by atoms with Crippen LogP contribution in [0.2, 0.25) is 0 Å². The van der Waals surface area contributed by atoms with Gasteiger partial charge in [0.1, 0.15) is 17.1 Å². The highest BCUT2D eigenvalue weighted by molar-refractivity contribution is 5.69. The lowest BCUT2D eigenvalue weighted by Gasteiger charge is -2.42. The molecular formula is C19H25F2NO4. The first-order valence-corrected chi connectivity index (χ1v) is 8.64. The minimum atomic E-state index is -1.93. The summed E-state index contributed by atoms with van der Waals surface area (Å²) in [6.45, 7) is 5.27. The quantitative estimate of drug-likeness (QED) is 0.867. The van der Waals surface area contributed by atoms with Gasteiger partial charge in [0.2, 0.25) is 0 Å². The SMILES string of the molecule is CC(C)(C)OC(=O)N1CCCC(F)(C(CC(=O)O)c2ccc(F)cc2)C1. The third kappa shape index (κ3) is 5.16. The average Bonchev–Trinajstić information content (AvgIpc) is 2.52. The molecule has 2 rings (SSSR count). The number of carboxylic acids is 1. The fourth-order valence-corrected chi connectivity index (χ4v) is 3.28. The van der Waals surface area contributed by atoms with Gasteiger partial charge in [0.05, 0.1) is 13.0 Å². The zero-order valence-electron chi connectivity index (χ0n) is 15.3. The number of carbonyl (C=O) groups is 2. The van der Waals surface area contributed by atoms with Crippen LogP contribution in [0.4, 0.5) is 13.6 Å². The summed E-state index contributed by atoms with van der Waals surface area (Å²) in [5.74, 6) is -2.61. The van der Waals surface area contributed by atoms with Gasteiger partial charge in [-0.25, -0.2) is 13.6 Å². The van der Waals surface area contributed by atoms with Crippen LogP contribution in [0.3, 0.4) is 0 Å². The van der Waals surface area contributed by atoms with E-state index in [0.29, 0.717) is 18.5 Å². The Balaban J connectivity index is 2.26. The lowest BCUT2D eigenvalue weighted by Crippen LogP contribution is -2.52. The van der Waals surface area contributed by atoms with Gasteiger partial charge in [0.15, 0.2) is 0 Å². The summed E-state index contributed by atoms with van der Waals surface area (Å²) in [4.78, 5) is 24.9. The van der Waals surface area contributed by atoms with Crippen LogP contribution >= 0.6 is 0 Å². The summed E-state index contributed by atoms with van der Waals surface area (Å²) in [5.41, 5.74) is -2.22. The second-order valence-electron chi connectivity index (χ2n) is 7.74. The van der Waals surface area contributed by atoms with E-state index in [1.807, 2.05) is 0 Å². The zero-order valence-corrected chi connectivity index (χ0v) is 15.3. The van der Waals surface area contributed by atoms with E-state index in [0.717, 1.165) is 0 Å². The maximum Gasteiger partial charge on any atom is 0.410 e. The van der Waals surface area contributed by atoms with Crippen LogP contribution in [-0.4, -0.2) is 46.4 Å². The van der Waals surface area contributed by atoms with E-state index in [2.05, 4.69) is 0 Å². The number of likely N-dealkylation sites (tertiary alicyclic amines) is 1. The van der Waals surface area contributed by atoms with E-state index in [9.17, 15) is 19.1 Å². The number of halogens is 2. The van der Waals surface area contributed by atoms with Crippen molar-refractivity contribution in [3.63, 3.8) is 0 Å². The number of alkyl halides is 1. The maximum absolute atomic E-state index is 15.8. The molecule has 1 fully saturated rings. The summed E-state index contributed by atoms with van der Waals surface area (Å²) in [5, 5.41) is 9.23. The molecule has 1 aliphatic heterocycles. The number of nitrogens with zero attached hydrogens (tertiary/aromatic N) is 1. The maximum atomic E-state index is 15.8. The molecule has 5 nitrogen and oxygen atoms in total. The normalized spacial score (nSPS) is 22.0. The molecule has 1 aromatic carbocycles. The Kier molecular flexibility index (Phi) is 5.88. The van der Waals surface area contributed by atoms with Crippen molar-refractivity contribution < 1.29 is 28.2 Å². The van der Waals surface area contributed by atoms with Crippen molar-refractivity contribution in [1.29, 1.82) is 0 Å². The minimum Gasteiger partial charge on any atom is -0.481 e. The summed E-state index contributed by atoms with van der Waals surface area (Å²) >= 11 is 0. The molecule has 0 radical (unpaired) electrons. The fourth-order valence-electron chi connectivity index (χ4n) is 3.28. The molecule has 2 atom stereocenters. The molecule has 2 unspecified atom stereocenters. The number of amides is 1. The second-order valence-corrected chi connectivity index (χ2v) is 7.74. The number of carbonyl (C=O) groups excluding carboxylic acids is 1. The first-order chi connectivity index (χ1) is 12.0. The molecule has 0 bridgehead atoms. The van der Waals surface area contributed by atoms with Crippen LogP contribution in [-0.2, 0) is 9.53 Å². The molecule has 144 valence electrons. The topological polar surface area (TPSA) is 66.8 Å². The second kappa shape index (κ2) is 7.60. The Hall–Kier alpha value is -2.18. The van der Waals surface area contributed by atoms with Gasteiger partial charge >= 0.3 is 12.1 Å². The van der Waals surface area contributed by atoms with Gasteiger partial charge in [0.25, 0.3) is 0 Å². The highest BCUT2D eigenvalue weighted by Crippen LogP contribution is 2.41. The molecule has 26 heavy (non-hydrogen) atoms. The van der Waals surface area contributed by atoms with Crippen molar-refractivity contribution in [2.45, 2.75) is 57.2 Å². The number of hydrogen-bond acceptors (Lipinski definition) is 3. The fraction of sp³-hybridized carbons (Fsp3) is 0.579. The van der Waals surface area contributed by atoms with Crippen molar-refractivity contribution in [3.05, 3.63) is 35.6 Å². The summed E-state index contributed by atoms with van der Waals surface area (Å²) in [6, 6.07) is 5.16. The molecular weight excluding hydrogens is 344 g/mol. The molecule has 1 heterocycles. The number of rotatable bonds is 4. The van der Waals surface area contributed by atoms with Gasteiger partial charge in [-0.1, -0.05) is 12.1 Å². The third-order valence-electron chi connectivity index (χ3n) is 4.40. The summed E-state index contributed by atoms with van der Waals surface area (Å²) in [7, 11) is 0. The largest absolute Gasteiger partial charge is 0.481 e. The number of ether oxygens (including phenoxy) is 1. The van der Waals surface area contributed by atoms with Gasteiger partial charge in [-0.15, -0.1) is 0 Å². The standard InChI is InChI=1S/C19H25F2NO4/c1-18(2,3)26-17(25)22-10-4-9-19(21,12-22)15(11-16(23)24)13-5-7-14(20)8-6-13/h5-8,15H,4,9-12H2,1-3H3,(H,23,24). The highest BCUT2D eigenvalue weighted by Gasteiger charge is 2.46. The smallest absolute Gasteiger partial charge is 0.410 e. The van der Waals surface area contributed by atoms with Crippen LogP contribution in [0.15, 0.2) is 24.3 Å². The summed E-state index contributed by atoms with van der Waals surface area (Å²) < 4.78 is 34.3. The van der Waals surface area contributed by atoms with E-state index < -0.39 is 41.5 Å². The van der Waals surface area contributed by atoms with E-state index in [1.165, 1.54) is 29.2 Å². The van der Waals surface area contributed by atoms with Gasteiger partial charge in [-0.2, -0.15) is 0 Å². The molecule has 0 saturated carbocycles. The Bertz CT molecular complexity index is 656. The molecule has 0 aliphatic carbocycles. The van der Waals surface area contributed by atoms with E-state index >= 15 is 4.39 Å². The summed E-state index contributed by atoms with van der Waals surface area (Å²) in [6.07, 6.45) is -0.536. The molecule has 1 amide bonds. The predicted octanol–water partition coefficient (Wildman–Crippen LogP) is 4.12. The van der Waals surface area contributed by atoms with Crippen molar-refractivity contribution in [2.75, 3.05) is 13.1 Å². The molecule has 1 aromatic rings. The number of piperidine rings is 1. The first kappa shape index (κ1) is 20.1. The van der Waals surface area contributed by atoms with Crippen LogP contribution in [0.5, 0.6) is 0 Å². The molecule has 1 saturated heterocycles. The Morgan fingerprint density at radius 2 is 1.92 bits per heavy atom. The monoisotopic (exact) mass is 369 g/mol. The predicted molar refractivity (Wildman–Crippen MR) is 92.3 cm³/mol. The molecule has 0 aromatic heterocycles. The number of aliphatic carboxylic acids is 1. The van der Waals surface area contributed by atoms with E-state index in [-0.39, 0.29) is 13.0 Å². The number of benzene rings is 1. The molecule has 1 aliphatic rings. The number of carboxylic acid groups (broad SMARTS) is 1. The zero-order chi connectivity index (χ0) is 19.5. The van der Waals surface area contributed by atoms with E-state index in [4.69, 9.17) is 4.74 Å². The van der Waals surface area contributed by atoms with Crippen molar-refractivity contribution >= 4 is 12.1 Å². The molecule has 0 spiro atoms. The Labute approximate surface area is 151 Å². The lowest BCUT2D eigenvalue weighted by molar-refractivity contribution is -0.138. The highest BCUT2D eigenvalue weighted by atomic mass is 19.1. The van der Waals surface area contributed by atoms with Gasteiger partial charge in [-0.05, 0) is 51.3 Å².